The van der Waals surface area contributed by atoms with Crippen molar-refractivity contribution in [2.45, 2.75) is 77.2 Å². The minimum Gasteiger partial charge on any atom is -0.452 e. The molecule has 0 bridgehead atoms. The third-order valence-electron chi connectivity index (χ3n) is 8.17. The number of ether oxygens (including phenoxy) is 2. The Hall–Kier alpha value is -3.60. The van der Waals surface area contributed by atoms with Gasteiger partial charge in [-0.05, 0) is 76.3 Å². The second-order valence-corrected chi connectivity index (χ2v) is 10.6. The number of ketones is 1. The SMILES string of the molecule is COC(=O)N1c2ccc3c(nc([C@@H](O)c4cc(F)ccc4OC(F)F)n3[C@@H]3CCC[C@@H](C(C)=O)C3)c2CC[C@@H]1C. The average molecular weight is 560 g/mol. The van der Waals surface area contributed by atoms with Gasteiger partial charge in [-0.25, -0.2) is 14.2 Å². The van der Waals surface area contributed by atoms with Gasteiger partial charge >= 0.3 is 12.7 Å². The summed E-state index contributed by atoms with van der Waals surface area (Å²) in [6.45, 7) is 0.313. The number of aliphatic hydroxyl groups excluding tert-OH is 1. The number of nitrogens with zero attached hydrogens (tertiary/aromatic N) is 3. The Morgan fingerprint density at radius 2 is 1.93 bits per heavy atom. The van der Waals surface area contributed by atoms with Gasteiger partial charge in [0.1, 0.15) is 29.3 Å². The van der Waals surface area contributed by atoms with Crippen LogP contribution in [0.1, 0.15) is 75.0 Å². The van der Waals surface area contributed by atoms with Gasteiger partial charge in [-0.3, -0.25) is 9.69 Å². The number of rotatable bonds is 6. The Balaban J connectivity index is 1.71. The number of methoxy groups -OCH3 is 1. The quantitative estimate of drug-likeness (QED) is 0.393. The van der Waals surface area contributed by atoms with Gasteiger partial charge in [0.2, 0.25) is 0 Å². The summed E-state index contributed by atoms with van der Waals surface area (Å²) in [5, 5.41) is 11.6. The number of benzene rings is 2. The number of hydrogen-bond donors (Lipinski definition) is 1. The van der Waals surface area contributed by atoms with Crippen LogP contribution in [0.25, 0.3) is 11.0 Å². The number of amides is 1. The summed E-state index contributed by atoms with van der Waals surface area (Å²) >= 11 is 0. The molecule has 1 fully saturated rings. The van der Waals surface area contributed by atoms with E-state index in [4.69, 9.17) is 9.72 Å². The van der Waals surface area contributed by atoms with E-state index in [1.165, 1.54) is 7.11 Å². The minimum atomic E-state index is -3.18. The Labute approximate surface area is 229 Å². The maximum Gasteiger partial charge on any atom is 0.414 e. The highest BCUT2D eigenvalue weighted by Crippen LogP contribution is 2.43. The molecule has 1 amide bonds. The fourth-order valence-corrected chi connectivity index (χ4v) is 6.21. The van der Waals surface area contributed by atoms with Crippen molar-refractivity contribution >= 4 is 28.6 Å². The van der Waals surface area contributed by atoms with Crippen LogP contribution in [0.15, 0.2) is 30.3 Å². The second kappa shape index (κ2) is 11.1. The zero-order chi connectivity index (χ0) is 28.7. The number of aliphatic hydroxyl groups is 1. The molecule has 40 heavy (non-hydrogen) atoms. The zero-order valence-corrected chi connectivity index (χ0v) is 22.6. The highest BCUT2D eigenvalue weighted by Gasteiger charge is 2.35. The lowest BCUT2D eigenvalue weighted by molar-refractivity contribution is -0.122. The largest absolute Gasteiger partial charge is 0.452 e. The number of carbonyl (C=O) groups excluding carboxylic acids is 2. The van der Waals surface area contributed by atoms with Crippen LogP contribution in [0.5, 0.6) is 5.75 Å². The molecule has 5 rings (SSSR count). The summed E-state index contributed by atoms with van der Waals surface area (Å²) < 4.78 is 52.1. The highest BCUT2D eigenvalue weighted by molar-refractivity contribution is 5.95. The third-order valence-corrected chi connectivity index (χ3v) is 8.17. The molecule has 214 valence electrons. The monoisotopic (exact) mass is 559 g/mol. The van der Waals surface area contributed by atoms with Gasteiger partial charge in [-0.2, -0.15) is 8.78 Å². The molecule has 0 saturated heterocycles. The average Bonchev–Trinajstić information content (AvgIpc) is 3.33. The summed E-state index contributed by atoms with van der Waals surface area (Å²) in [6.07, 6.45) is 1.91. The van der Waals surface area contributed by atoms with E-state index in [-0.39, 0.29) is 40.9 Å². The van der Waals surface area contributed by atoms with Crippen molar-refractivity contribution in [2.24, 2.45) is 5.92 Å². The van der Waals surface area contributed by atoms with E-state index in [9.17, 15) is 27.9 Å². The topological polar surface area (TPSA) is 93.9 Å². The zero-order valence-electron chi connectivity index (χ0n) is 22.6. The molecule has 2 aromatic carbocycles. The first kappa shape index (κ1) is 27.9. The predicted octanol–water partition coefficient (Wildman–Crippen LogP) is 6.09. The molecule has 1 saturated carbocycles. The van der Waals surface area contributed by atoms with Gasteiger partial charge in [0.25, 0.3) is 0 Å². The highest BCUT2D eigenvalue weighted by atomic mass is 19.3. The lowest BCUT2D eigenvalue weighted by atomic mass is 9.83. The van der Waals surface area contributed by atoms with E-state index >= 15 is 0 Å². The Morgan fingerprint density at radius 1 is 1.15 bits per heavy atom. The summed E-state index contributed by atoms with van der Waals surface area (Å²) in [7, 11) is 1.32. The van der Waals surface area contributed by atoms with Crippen molar-refractivity contribution in [3.63, 3.8) is 0 Å². The van der Waals surface area contributed by atoms with Crippen LogP contribution in [-0.4, -0.2) is 46.3 Å². The van der Waals surface area contributed by atoms with Crippen molar-refractivity contribution in [1.29, 1.82) is 0 Å². The van der Waals surface area contributed by atoms with E-state index in [1.807, 2.05) is 23.6 Å². The van der Waals surface area contributed by atoms with Gasteiger partial charge in [0.05, 0.1) is 23.8 Å². The lowest BCUT2D eigenvalue weighted by Gasteiger charge is -2.34. The van der Waals surface area contributed by atoms with Crippen molar-refractivity contribution < 1.29 is 37.3 Å². The molecule has 2 heterocycles. The molecule has 4 atom stereocenters. The van der Waals surface area contributed by atoms with Gasteiger partial charge in [0.15, 0.2) is 0 Å². The maximum absolute atomic E-state index is 14.3. The molecule has 8 nitrogen and oxygen atoms in total. The number of Topliss-reactive ketones (excluding diaryl/α,β-unsaturated/α-hetero) is 1. The summed E-state index contributed by atoms with van der Waals surface area (Å²) in [4.78, 5) is 31.3. The smallest absolute Gasteiger partial charge is 0.414 e. The first-order valence-electron chi connectivity index (χ1n) is 13.4. The van der Waals surface area contributed by atoms with Gasteiger partial charge < -0.3 is 19.1 Å². The van der Waals surface area contributed by atoms with Crippen molar-refractivity contribution in [3.05, 3.63) is 53.1 Å². The van der Waals surface area contributed by atoms with Crippen molar-refractivity contribution in [1.82, 2.24) is 9.55 Å². The van der Waals surface area contributed by atoms with Crippen molar-refractivity contribution in [3.8, 4) is 5.75 Å². The normalized spacial score (nSPS) is 21.8. The van der Waals surface area contributed by atoms with Crippen LogP contribution in [-0.2, 0) is 16.0 Å². The lowest BCUT2D eigenvalue weighted by Crippen LogP contribution is -2.42. The summed E-state index contributed by atoms with van der Waals surface area (Å²) in [5.41, 5.74) is 2.46. The molecule has 1 aliphatic heterocycles. The molecule has 3 aromatic rings. The number of fused-ring (bicyclic) bond motifs is 3. The number of hydrogen-bond acceptors (Lipinski definition) is 6. The second-order valence-electron chi connectivity index (χ2n) is 10.6. The fourth-order valence-electron chi connectivity index (χ4n) is 6.21. The molecule has 0 radical (unpaired) electrons. The molecule has 11 heteroatoms. The van der Waals surface area contributed by atoms with E-state index in [0.29, 0.717) is 42.4 Å². The Morgan fingerprint density at radius 3 is 2.62 bits per heavy atom. The Kier molecular flexibility index (Phi) is 7.76. The van der Waals surface area contributed by atoms with Gasteiger partial charge in [-0.15, -0.1) is 0 Å². The fraction of sp³-hybridized carbons (Fsp3) is 0.483. The molecule has 1 aromatic heterocycles. The van der Waals surface area contributed by atoms with E-state index in [1.54, 1.807) is 11.8 Å². The van der Waals surface area contributed by atoms with Crippen molar-refractivity contribution in [2.75, 3.05) is 12.0 Å². The van der Waals surface area contributed by atoms with Crippen LogP contribution in [0.4, 0.5) is 23.7 Å². The number of halogens is 3. The molecular formula is C29H32F3N3O5. The molecule has 1 N–H and O–H groups in total. The number of anilines is 1. The predicted molar refractivity (Wildman–Crippen MR) is 141 cm³/mol. The van der Waals surface area contributed by atoms with Gasteiger partial charge in [-0.1, -0.05) is 6.42 Å². The molecule has 0 unspecified atom stereocenters. The number of aromatic nitrogens is 2. The first-order valence-corrected chi connectivity index (χ1v) is 13.4. The Bertz CT molecular complexity index is 1440. The molecule has 1 aliphatic carbocycles. The van der Waals surface area contributed by atoms with Crippen LogP contribution in [0, 0.1) is 11.7 Å². The molecule has 0 spiro atoms. The number of imidazole rings is 1. The summed E-state index contributed by atoms with van der Waals surface area (Å²) in [5.74, 6) is -1.05. The molecule has 2 aliphatic rings. The number of alkyl halides is 2. The minimum absolute atomic E-state index is 0.0778. The van der Waals surface area contributed by atoms with Gasteiger partial charge in [0, 0.05) is 29.1 Å². The van der Waals surface area contributed by atoms with Crippen LogP contribution < -0.4 is 9.64 Å². The number of aryl methyl sites for hydroxylation is 1. The van der Waals surface area contributed by atoms with Crippen LogP contribution >= 0.6 is 0 Å². The standard InChI is InChI=1S/C29H32F3N3O5/c1-15-7-9-20-22(34(15)29(38)39-3)10-11-23-25(20)33-27(35(23)19-6-4-5-17(13-19)16(2)36)26(37)21-14-18(30)8-12-24(21)40-28(31)32/h8,10-12,14-15,17,19,26,28,37H,4-7,9,13H2,1-3H3/t15-,17+,19+,26-/m0/s1. The van der Waals surface area contributed by atoms with E-state index in [0.717, 1.165) is 36.6 Å². The van der Waals surface area contributed by atoms with E-state index < -0.39 is 24.6 Å². The molecular weight excluding hydrogens is 527 g/mol. The number of carbonyl (C=O) groups is 2. The van der Waals surface area contributed by atoms with E-state index in [2.05, 4.69) is 4.74 Å². The third kappa shape index (κ3) is 5.02. The maximum atomic E-state index is 14.3. The first-order chi connectivity index (χ1) is 19.1. The summed E-state index contributed by atoms with van der Waals surface area (Å²) in [6, 6.07) is 6.29. The van der Waals surface area contributed by atoms with Crippen LogP contribution in [0.2, 0.25) is 0 Å². The van der Waals surface area contributed by atoms with Crippen LogP contribution in [0.3, 0.4) is 0 Å².